The van der Waals surface area contributed by atoms with E-state index in [0.29, 0.717) is 28.3 Å². The fraction of sp³-hybridized carbons (Fsp3) is 0.154. The van der Waals surface area contributed by atoms with Gasteiger partial charge in [-0.3, -0.25) is 9.78 Å². The molecule has 0 spiro atoms. The Labute approximate surface area is 200 Å². The number of para-hydroxylation sites is 1. The predicted octanol–water partition coefficient (Wildman–Crippen LogP) is 5.77. The van der Waals surface area contributed by atoms with E-state index in [1.807, 2.05) is 0 Å². The molecule has 0 saturated heterocycles. The van der Waals surface area contributed by atoms with Crippen LogP contribution in [0.15, 0.2) is 71.4 Å². The zero-order valence-corrected chi connectivity index (χ0v) is 19.1. The van der Waals surface area contributed by atoms with Crippen molar-refractivity contribution in [1.82, 2.24) is 10.1 Å². The first kappa shape index (κ1) is 23.6. The van der Waals surface area contributed by atoms with Gasteiger partial charge in [0.2, 0.25) is 0 Å². The number of ether oxygens (including phenoxy) is 1. The van der Waals surface area contributed by atoms with Crippen molar-refractivity contribution < 1.29 is 28.3 Å². The molecule has 0 bridgehead atoms. The third kappa shape index (κ3) is 5.03. The molecule has 2 aromatic heterocycles. The number of carboxylic acids is 1. The molecule has 4 rings (SSSR count). The van der Waals surface area contributed by atoms with Gasteiger partial charge in [-0.25, -0.2) is 14.1 Å². The quantitative estimate of drug-likeness (QED) is 0.361. The highest BCUT2D eigenvalue weighted by Crippen LogP contribution is 2.39. The van der Waals surface area contributed by atoms with E-state index < -0.39 is 17.9 Å². The Hall–Kier alpha value is -4.53. The van der Waals surface area contributed by atoms with Gasteiger partial charge in [0.1, 0.15) is 17.2 Å². The largest absolute Gasteiger partial charge is 0.481 e. The third-order valence-electron chi connectivity index (χ3n) is 5.24. The number of aryl methyl sites for hydroxylation is 1. The molecule has 9 heteroatoms. The number of hydrogen-bond acceptors (Lipinski definition) is 6. The fourth-order valence-electron chi connectivity index (χ4n) is 3.62. The van der Waals surface area contributed by atoms with Crippen LogP contribution in [0, 0.1) is 12.7 Å². The maximum absolute atomic E-state index is 14.7. The molecule has 1 N–H and O–H groups in total. The number of rotatable bonds is 7. The first-order chi connectivity index (χ1) is 16.9. The highest BCUT2D eigenvalue weighted by Gasteiger charge is 2.30. The number of carbonyl (C=O) groups is 2. The Morgan fingerprint density at radius 1 is 1.06 bits per heavy atom. The van der Waals surface area contributed by atoms with Crippen LogP contribution in [0.25, 0.3) is 22.5 Å². The van der Waals surface area contributed by atoms with Crippen molar-refractivity contribution in [3.05, 3.63) is 84.0 Å². The third-order valence-corrected chi connectivity index (χ3v) is 5.24. The van der Waals surface area contributed by atoms with Crippen LogP contribution < -0.4 is 4.90 Å². The van der Waals surface area contributed by atoms with E-state index in [4.69, 9.17) is 14.4 Å². The molecule has 0 aliphatic heterocycles. The lowest BCUT2D eigenvalue weighted by molar-refractivity contribution is -0.136. The molecule has 35 heavy (non-hydrogen) atoms. The summed E-state index contributed by atoms with van der Waals surface area (Å²) in [7, 11) is 0. The second kappa shape index (κ2) is 10.2. The van der Waals surface area contributed by atoms with E-state index >= 15 is 0 Å². The topological polar surface area (TPSA) is 106 Å². The summed E-state index contributed by atoms with van der Waals surface area (Å²) in [4.78, 5) is 29.4. The van der Waals surface area contributed by atoms with Gasteiger partial charge in [-0.05, 0) is 43.7 Å². The van der Waals surface area contributed by atoms with Crippen molar-refractivity contribution in [2.24, 2.45) is 0 Å². The molecule has 1 amide bonds. The number of pyridine rings is 1. The van der Waals surface area contributed by atoms with Crippen LogP contribution in [-0.2, 0) is 16.0 Å². The van der Waals surface area contributed by atoms with Crippen LogP contribution in [0.5, 0.6) is 0 Å². The van der Waals surface area contributed by atoms with E-state index in [0.717, 1.165) is 10.5 Å². The average molecular weight is 475 g/mol. The minimum Gasteiger partial charge on any atom is -0.481 e. The summed E-state index contributed by atoms with van der Waals surface area (Å²) >= 11 is 0. The lowest BCUT2D eigenvalue weighted by Gasteiger charge is -2.22. The Morgan fingerprint density at radius 3 is 2.40 bits per heavy atom. The van der Waals surface area contributed by atoms with Gasteiger partial charge in [0.05, 0.1) is 24.4 Å². The predicted molar refractivity (Wildman–Crippen MR) is 127 cm³/mol. The Morgan fingerprint density at radius 2 is 1.77 bits per heavy atom. The molecule has 0 unspecified atom stereocenters. The van der Waals surface area contributed by atoms with Gasteiger partial charge in [0, 0.05) is 17.3 Å². The minimum absolute atomic E-state index is 0.00419. The summed E-state index contributed by atoms with van der Waals surface area (Å²) in [6, 6.07) is 16.5. The maximum atomic E-state index is 14.7. The number of carboxylic acid groups (broad SMARTS) is 1. The number of aliphatic carboxylic acids is 1. The summed E-state index contributed by atoms with van der Waals surface area (Å²) in [5.74, 6) is -1.20. The van der Waals surface area contributed by atoms with E-state index in [2.05, 4.69) is 10.1 Å². The average Bonchev–Trinajstić information content (AvgIpc) is 3.22. The molecular formula is C26H22FN3O5. The summed E-state index contributed by atoms with van der Waals surface area (Å²) in [5, 5.41) is 13.0. The number of amides is 1. The molecule has 8 nitrogen and oxygen atoms in total. The minimum atomic E-state index is -0.897. The van der Waals surface area contributed by atoms with Crippen LogP contribution in [0.4, 0.5) is 20.6 Å². The monoisotopic (exact) mass is 475 g/mol. The normalized spacial score (nSPS) is 10.7. The molecule has 2 heterocycles. The molecule has 0 fully saturated rings. The van der Waals surface area contributed by atoms with Crippen LogP contribution in [-0.4, -0.2) is 33.9 Å². The summed E-state index contributed by atoms with van der Waals surface area (Å²) < 4.78 is 25.3. The van der Waals surface area contributed by atoms with Crippen LogP contribution in [0.2, 0.25) is 0 Å². The van der Waals surface area contributed by atoms with Gasteiger partial charge in [-0.15, -0.1) is 0 Å². The smallest absolute Gasteiger partial charge is 0.419 e. The van der Waals surface area contributed by atoms with Crippen molar-refractivity contribution >= 4 is 23.4 Å². The van der Waals surface area contributed by atoms with Crippen molar-refractivity contribution in [1.29, 1.82) is 0 Å². The van der Waals surface area contributed by atoms with E-state index in [1.165, 1.54) is 18.2 Å². The van der Waals surface area contributed by atoms with E-state index in [9.17, 15) is 14.0 Å². The van der Waals surface area contributed by atoms with Gasteiger partial charge >= 0.3 is 12.1 Å². The zero-order chi connectivity index (χ0) is 24.9. The number of aromatic nitrogens is 2. The Kier molecular flexibility index (Phi) is 6.86. The molecule has 0 aliphatic carbocycles. The first-order valence-electron chi connectivity index (χ1n) is 10.8. The molecule has 178 valence electrons. The van der Waals surface area contributed by atoms with Crippen molar-refractivity contribution in [3.63, 3.8) is 0 Å². The Bertz CT molecular complexity index is 1350. The molecule has 0 saturated carbocycles. The summed E-state index contributed by atoms with van der Waals surface area (Å²) in [6.45, 7) is 3.39. The molecule has 0 atom stereocenters. The first-order valence-corrected chi connectivity index (χ1v) is 10.8. The van der Waals surface area contributed by atoms with Crippen molar-refractivity contribution in [2.45, 2.75) is 20.3 Å². The van der Waals surface area contributed by atoms with Gasteiger partial charge in [-0.2, -0.15) is 0 Å². The number of benzene rings is 2. The second-order valence-corrected chi connectivity index (χ2v) is 7.62. The maximum Gasteiger partial charge on any atom is 0.419 e. The van der Waals surface area contributed by atoms with Gasteiger partial charge in [-0.1, -0.05) is 41.6 Å². The summed E-state index contributed by atoms with van der Waals surface area (Å²) in [6.07, 6.45) is 0.752. The fourth-order valence-corrected chi connectivity index (χ4v) is 3.62. The highest BCUT2D eigenvalue weighted by atomic mass is 19.1. The van der Waals surface area contributed by atoms with Crippen molar-refractivity contribution in [3.8, 4) is 22.5 Å². The molecular weight excluding hydrogens is 453 g/mol. The standard InChI is InChI=1S/C26H22FN3O5/c1-3-34-26(33)30(22-7-5-4-6-20(22)27)25-16(2)35-29-24(25)19-12-13-21(28-15-19)18-10-8-17(9-11-18)14-23(31)32/h4-13,15H,3,14H2,1-2H3,(H,31,32). The van der Waals surface area contributed by atoms with Crippen LogP contribution in [0.1, 0.15) is 18.2 Å². The molecule has 2 aromatic carbocycles. The number of carbonyl (C=O) groups excluding carboxylic acids is 1. The molecule has 4 aromatic rings. The number of hydrogen-bond donors (Lipinski definition) is 1. The van der Waals surface area contributed by atoms with Gasteiger partial charge < -0.3 is 14.4 Å². The lowest BCUT2D eigenvalue weighted by atomic mass is 10.1. The lowest BCUT2D eigenvalue weighted by Crippen LogP contribution is -2.28. The number of nitrogens with zero attached hydrogens (tertiary/aromatic N) is 3. The second-order valence-electron chi connectivity index (χ2n) is 7.62. The zero-order valence-electron chi connectivity index (χ0n) is 19.1. The van der Waals surface area contributed by atoms with Crippen LogP contribution >= 0.6 is 0 Å². The highest BCUT2D eigenvalue weighted by molar-refractivity contribution is 6.00. The number of anilines is 2. The van der Waals surface area contributed by atoms with Gasteiger partial charge in [0.25, 0.3) is 0 Å². The molecule has 0 aliphatic rings. The van der Waals surface area contributed by atoms with E-state index in [-0.39, 0.29) is 24.4 Å². The molecule has 0 radical (unpaired) electrons. The van der Waals surface area contributed by atoms with E-state index in [1.54, 1.807) is 62.5 Å². The SMILES string of the molecule is CCOC(=O)N(c1ccccc1F)c1c(-c2ccc(-c3ccc(CC(=O)O)cc3)nc2)noc1C. The van der Waals surface area contributed by atoms with Crippen LogP contribution in [0.3, 0.4) is 0 Å². The van der Waals surface area contributed by atoms with Crippen molar-refractivity contribution in [2.75, 3.05) is 11.5 Å². The van der Waals surface area contributed by atoms with Gasteiger partial charge in [0.15, 0.2) is 5.76 Å². The summed E-state index contributed by atoms with van der Waals surface area (Å²) in [5.41, 5.74) is 3.26. The number of halogens is 1. The Balaban J connectivity index is 1.71.